The van der Waals surface area contributed by atoms with Crippen LogP contribution in [0.5, 0.6) is 0 Å². The first-order valence-corrected chi connectivity index (χ1v) is 11.3. The number of nitrogens with one attached hydrogen (secondary N) is 1. The van der Waals surface area contributed by atoms with Crippen molar-refractivity contribution in [3.8, 4) is 10.4 Å². The van der Waals surface area contributed by atoms with Crippen LogP contribution in [0, 0.1) is 6.92 Å². The maximum atomic E-state index is 12.8. The van der Waals surface area contributed by atoms with Crippen LogP contribution in [0.1, 0.15) is 5.56 Å². The van der Waals surface area contributed by atoms with E-state index in [9.17, 15) is 9.59 Å². The number of thiophene rings is 1. The van der Waals surface area contributed by atoms with Crippen molar-refractivity contribution in [2.45, 2.75) is 12.1 Å². The summed E-state index contributed by atoms with van der Waals surface area (Å²) in [6, 6.07) is 17.1. The highest BCUT2D eigenvalue weighted by Gasteiger charge is 2.15. The van der Waals surface area contributed by atoms with E-state index in [1.807, 2.05) is 43.3 Å². The first-order chi connectivity index (χ1) is 14.4. The molecule has 8 heteroatoms. The van der Waals surface area contributed by atoms with E-state index in [0.29, 0.717) is 26.1 Å². The number of thioether (sulfide) groups is 1. The molecule has 4 aromatic rings. The Balaban J connectivity index is 1.54. The molecular weight excluding hydrogens is 438 g/mol. The molecule has 152 valence electrons. The first kappa shape index (κ1) is 20.7. The minimum atomic E-state index is -0.170. The van der Waals surface area contributed by atoms with Gasteiger partial charge in [0.1, 0.15) is 4.83 Å². The van der Waals surface area contributed by atoms with E-state index in [1.165, 1.54) is 27.7 Å². The van der Waals surface area contributed by atoms with Crippen LogP contribution in [0.4, 0.5) is 5.69 Å². The Labute approximate surface area is 186 Å². The fraction of sp³-hybridized carbons (Fsp3) is 0.136. The SMILES string of the molecule is Cc1cc(Cl)ccc1NC(=O)CSc1nc2sc(-c3ccccc3)cc2c(=O)n1C. The van der Waals surface area contributed by atoms with E-state index < -0.39 is 0 Å². The number of amides is 1. The number of carbonyl (C=O) groups excluding carboxylic acids is 1. The Morgan fingerprint density at radius 3 is 2.70 bits per heavy atom. The number of anilines is 1. The summed E-state index contributed by atoms with van der Waals surface area (Å²) in [5.74, 6) is -0.0268. The highest BCUT2D eigenvalue weighted by atomic mass is 35.5. The molecule has 1 N–H and O–H groups in total. The van der Waals surface area contributed by atoms with Crippen LogP contribution in [0.15, 0.2) is 64.5 Å². The summed E-state index contributed by atoms with van der Waals surface area (Å²) in [4.78, 5) is 31.5. The second-order valence-corrected chi connectivity index (χ2v) is 9.16. The van der Waals surface area contributed by atoms with Crippen LogP contribution >= 0.6 is 34.7 Å². The van der Waals surface area contributed by atoms with E-state index >= 15 is 0 Å². The third-order valence-electron chi connectivity index (χ3n) is 4.58. The Bertz CT molecular complexity index is 1300. The molecule has 0 fully saturated rings. The lowest BCUT2D eigenvalue weighted by atomic mass is 10.2. The van der Waals surface area contributed by atoms with Gasteiger partial charge in [-0.25, -0.2) is 4.98 Å². The molecule has 4 rings (SSSR count). The number of fused-ring (bicyclic) bond motifs is 1. The topological polar surface area (TPSA) is 64.0 Å². The predicted octanol–water partition coefficient (Wildman–Crippen LogP) is 5.35. The molecule has 30 heavy (non-hydrogen) atoms. The van der Waals surface area contributed by atoms with Gasteiger partial charge >= 0.3 is 0 Å². The van der Waals surface area contributed by atoms with Crippen LogP contribution in [0.3, 0.4) is 0 Å². The largest absolute Gasteiger partial charge is 0.325 e. The molecule has 2 aromatic carbocycles. The van der Waals surface area contributed by atoms with E-state index in [2.05, 4.69) is 10.3 Å². The molecule has 0 radical (unpaired) electrons. The Hall–Kier alpha value is -2.61. The number of rotatable bonds is 5. The average Bonchev–Trinajstić information content (AvgIpc) is 3.17. The number of benzene rings is 2. The zero-order chi connectivity index (χ0) is 21.3. The minimum Gasteiger partial charge on any atom is -0.325 e. The molecule has 0 aliphatic carbocycles. The molecule has 0 aliphatic rings. The number of aryl methyl sites for hydroxylation is 1. The molecule has 0 aliphatic heterocycles. The lowest BCUT2D eigenvalue weighted by molar-refractivity contribution is -0.113. The number of hydrogen-bond acceptors (Lipinski definition) is 5. The maximum Gasteiger partial charge on any atom is 0.262 e. The van der Waals surface area contributed by atoms with E-state index in [4.69, 9.17) is 11.6 Å². The van der Waals surface area contributed by atoms with Crippen LogP contribution in [-0.2, 0) is 11.8 Å². The van der Waals surface area contributed by atoms with Crippen LogP contribution in [-0.4, -0.2) is 21.2 Å². The predicted molar refractivity (Wildman–Crippen MR) is 126 cm³/mol. The van der Waals surface area contributed by atoms with Crippen molar-refractivity contribution in [2.75, 3.05) is 11.1 Å². The smallest absolute Gasteiger partial charge is 0.262 e. The van der Waals surface area contributed by atoms with Gasteiger partial charge in [-0.15, -0.1) is 11.3 Å². The van der Waals surface area contributed by atoms with Gasteiger partial charge in [0.05, 0.1) is 11.1 Å². The molecule has 0 bridgehead atoms. The quantitative estimate of drug-likeness (QED) is 0.325. The van der Waals surface area contributed by atoms with Gasteiger partial charge in [-0.3, -0.25) is 14.2 Å². The number of carbonyl (C=O) groups is 1. The fourth-order valence-corrected chi connectivity index (χ4v) is 5.08. The van der Waals surface area contributed by atoms with Crippen LogP contribution in [0.2, 0.25) is 5.02 Å². The number of nitrogens with zero attached hydrogens (tertiary/aromatic N) is 2. The molecule has 2 heterocycles. The molecule has 0 spiro atoms. The standard InChI is InChI=1S/C22H18ClN3O2S2/c1-13-10-15(23)8-9-17(13)24-19(27)12-29-22-25-20-16(21(28)26(22)2)11-18(30-20)14-6-4-3-5-7-14/h3-11H,12H2,1-2H3,(H,24,27). The summed E-state index contributed by atoms with van der Waals surface area (Å²) in [6.45, 7) is 1.88. The second kappa shape index (κ2) is 8.63. The van der Waals surface area contributed by atoms with Crippen molar-refractivity contribution < 1.29 is 4.79 Å². The summed E-state index contributed by atoms with van der Waals surface area (Å²) in [7, 11) is 1.68. The maximum absolute atomic E-state index is 12.8. The summed E-state index contributed by atoms with van der Waals surface area (Å²) in [6.07, 6.45) is 0. The summed E-state index contributed by atoms with van der Waals surface area (Å²) < 4.78 is 1.50. The monoisotopic (exact) mass is 455 g/mol. The van der Waals surface area contributed by atoms with Gasteiger partial charge in [-0.05, 0) is 42.3 Å². The molecule has 2 aromatic heterocycles. The van der Waals surface area contributed by atoms with E-state index in [-0.39, 0.29) is 17.2 Å². The molecular formula is C22H18ClN3O2S2. The third kappa shape index (κ3) is 4.28. The number of halogens is 1. The minimum absolute atomic E-state index is 0.116. The Kier molecular flexibility index (Phi) is 5.94. The highest BCUT2D eigenvalue weighted by Crippen LogP contribution is 2.32. The summed E-state index contributed by atoms with van der Waals surface area (Å²) in [5, 5.41) is 4.60. The van der Waals surface area contributed by atoms with Crippen molar-refractivity contribution in [2.24, 2.45) is 7.05 Å². The van der Waals surface area contributed by atoms with Crippen molar-refractivity contribution in [3.05, 3.63) is 75.5 Å². The van der Waals surface area contributed by atoms with Crippen molar-refractivity contribution in [1.82, 2.24) is 9.55 Å². The summed E-state index contributed by atoms with van der Waals surface area (Å²) >= 11 is 8.67. The molecule has 1 amide bonds. The van der Waals surface area contributed by atoms with Crippen LogP contribution < -0.4 is 10.9 Å². The molecule has 5 nitrogen and oxygen atoms in total. The first-order valence-electron chi connectivity index (χ1n) is 9.17. The molecule has 0 saturated heterocycles. The zero-order valence-corrected chi connectivity index (χ0v) is 18.7. The van der Waals surface area contributed by atoms with Crippen molar-refractivity contribution in [1.29, 1.82) is 0 Å². The highest BCUT2D eigenvalue weighted by molar-refractivity contribution is 7.99. The normalized spacial score (nSPS) is 11.0. The third-order valence-corrected chi connectivity index (χ3v) is 6.93. The number of hydrogen-bond donors (Lipinski definition) is 1. The number of aromatic nitrogens is 2. The zero-order valence-electron chi connectivity index (χ0n) is 16.3. The lowest BCUT2D eigenvalue weighted by Gasteiger charge is -2.09. The van der Waals surface area contributed by atoms with Crippen LogP contribution in [0.25, 0.3) is 20.7 Å². The average molecular weight is 456 g/mol. The van der Waals surface area contributed by atoms with Gasteiger partial charge in [0, 0.05) is 22.6 Å². The Morgan fingerprint density at radius 1 is 1.20 bits per heavy atom. The van der Waals surface area contributed by atoms with Crippen molar-refractivity contribution in [3.63, 3.8) is 0 Å². The van der Waals surface area contributed by atoms with Gasteiger partial charge in [0.15, 0.2) is 5.16 Å². The van der Waals surface area contributed by atoms with E-state index in [1.54, 1.807) is 25.2 Å². The molecule has 0 unspecified atom stereocenters. The lowest BCUT2D eigenvalue weighted by Crippen LogP contribution is -2.21. The molecule has 0 saturated carbocycles. The van der Waals surface area contributed by atoms with Gasteiger partial charge < -0.3 is 5.32 Å². The van der Waals surface area contributed by atoms with E-state index in [0.717, 1.165) is 16.0 Å². The van der Waals surface area contributed by atoms with Gasteiger partial charge in [-0.1, -0.05) is 53.7 Å². The van der Waals surface area contributed by atoms with Gasteiger partial charge in [0.2, 0.25) is 5.91 Å². The molecule has 0 atom stereocenters. The van der Waals surface area contributed by atoms with Gasteiger partial charge in [0.25, 0.3) is 5.56 Å². The second-order valence-electron chi connectivity index (χ2n) is 6.75. The van der Waals surface area contributed by atoms with Crippen molar-refractivity contribution >= 4 is 56.5 Å². The summed E-state index contributed by atoms with van der Waals surface area (Å²) in [5.41, 5.74) is 2.54. The van der Waals surface area contributed by atoms with Gasteiger partial charge in [-0.2, -0.15) is 0 Å². The fourth-order valence-electron chi connectivity index (χ4n) is 3.00. The Morgan fingerprint density at radius 2 is 1.97 bits per heavy atom.